The van der Waals surface area contributed by atoms with Gasteiger partial charge in [0.2, 0.25) is 0 Å². The number of carbonyl (C=O) groups excluding carboxylic acids is 4. The average Bonchev–Trinajstić information content (AvgIpc) is 3.24. The molecule has 1 amide bonds. The van der Waals surface area contributed by atoms with Gasteiger partial charge in [-0.3, -0.25) is 4.79 Å². The molecule has 2 N–H and O–H groups in total. The number of thiophene rings is 1. The number of aryl methyl sites for hydroxylation is 1. The van der Waals surface area contributed by atoms with Gasteiger partial charge in [-0.05, 0) is 30.9 Å². The smallest absolute Gasteiger partial charge is 0.348 e. The van der Waals surface area contributed by atoms with E-state index >= 15 is 0 Å². The van der Waals surface area contributed by atoms with Crippen molar-refractivity contribution >= 4 is 56.7 Å². The minimum absolute atomic E-state index is 0.0351. The molecule has 0 saturated heterocycles. The molecule has 0 atom stereocenters. The van der Waals surface area contributed by atoms with Crippen LogP contribution in [0.1, 0.15) is 41.6 Å². The Morgan fingerprint density at radius 2 is 1.62 bits per heavy atom. The van der Waals surface area contributed by atoms with Crippen LogP contribution in [0.3, 0.4) is 0 Å². The summed E-state index contributed by atoms with van der Waals surface area (Å²) in [5.41, 5.74) is 1.09. The average molecular weight is 441 g/mol. The van der Waals surface area contributed by atoms with Crippen molar-refractivity contribution in [1.29, 1.82) is 0 Å². The van der Waals surface area contributed by atoms with Gasteiger partial charge in [0.25, 0.3) is 5.91 Å². The van der Waals surface area contributed by atoms with E-state index in [0.717, 1.165) is 22.9 Å². The van der Waals surface area contributed by atoms with Crippen LogP contribution in [0.4, 0.5) is 10.0 Å². The van der Waals surface area contributed by atoms with Gasteiger partial charge in [-0.1, -0.05) is 0 Å². The number of carbonyl (C=O) groups is 4. The molecule has 0 saturated carbocycles. The van der Waals surface area contributed by atoms with Crippen molar-refractivity contribution in [3.63, 3.8) is 0 Å². The number of methoxy groups -OCH3 is 2. The van der Waals surface area contributed by atoms with Crippen LogP contribution < -0.4 is 10.6 Å². The Kier molecular flexibility index (Phi) is 7.29. The van der Waals surface area contributed by atoms with Crippen LogP contribution in [0.15, 0.2) is 0 Å². The van der Waals surface area contributed by atoms with Crippen LogP contribution in [0.5, 0.6) is 0 Å². The summed E-state index contributed by atoms with van der Waals surface area (Å²) in [7, 11) is 4.03. The highest BCUT2D eigenvalue weighted by Crippen LogP contribution is 2.34. The number of rotatable bonds is 7. The number of aromatic nitrogens is 1. The number of amides is 1. The Morgan fingerprint density at radius 3 is 2.21 bits per heavy atom. The zero-order chi connectivity index (χ0) is 21.7. The quantitative estimate of drug-likeness (QED) is 0.490. The molecule has 2 rings (SSSR count). The Bertz CT molecular complexity index is 965. The number of hydrogen-bond donors (Lipinski definition) is 2. The number of nitrogens with one attached hydrogen (secondary N) is 2. The minimum atomic E-state index is -0.722. The lowest BCUT2D eigenvalue weighted by atomic mass is 10.1. The van der Waals surface area contributed by atoms with Crippen molar-refractivity contribution < 1.29 is 33.4 Å². The van der Waals surface area contributed by atoms with E-state index in [1.807, 2.05) is 0 Å². The lowest BCUT2D eigenvalue weighted by molar-refractivity contribution is -0.119. The van der Waals surface area contributed by atoms with Crippen LogP contribution in [0.2, 0.25) is 0 Å². The van der Waals surface area contributed by atoms with Crippen molar-refractivity contribution in [2.24, 2.45) is 0 Å². The summed E-state index contributed by atoms with van der Waals surface area (Å²) in [6.07, 6.45) is 0. The van der Waals surface area contributed by atoms with E-state index < -0.39 is 30.4 Å². The maximum atomic E-state index is 12.3. The first-order valence-electron chi connectivity index (χ1n) is 8.16. The van der Waals surface area contributed by atoms with Crippen molar-refractivity contribution in [3.8, 4) is 0 Å². The summed E-state index contributed by atoms with van der Waals surface area (Å²) >= 11 is 1.97. The maximum absolute atomic E-state index is 12.3. The summed E-state index contributed by atoms with van der Waals surface area (Å²) in [4.78, 5) is 48.6. The lowest BCUT2D eigenvalue weighted by Crippen LogP contribution is -2.22. The molecule has 10 nitrogen and oxygen atoms in total. The van der Waals surface area contributed by atoms with E-state index in [2.05, 4.69) is 19.7 Å². The SMILES string of the molecule is CNc1snc(C)c1C(=O)OCC(=O)Nc1sc(C(=O)OC)c(C)c1C(=O)OC. The molecule has 29 heavy (non-hydrogen) atoms. The first-order chi connectivity index (χ1) is 13.7. The molecular weight excluding hydrogens is 422 g/mol. The molecule has 0 aromatic carbocycles. The summed E-state index contributed by atoms with van der Waals surface area (Å²) in [5.74, 6) is -2.76. The molecule has 156 valence electrons. The van der Waals surface area contributed by atoms with Crippen molar-refractivity contribution in [2.75, 3.05) is 38.5 Å². The van der Waals surface area contributed by atoms with E-state index in [4.69, 9.17) is 9.47 Å². The topological polar surface area (TPSA) is 133 Å². The summed E-state index contributed by atoms with van der Waals surface area (Å²) < 4.78 is 18.5. The molecule has 2 heterocycles. The predicted molar refractivity (Wildman–Crippen MR) is 107 cm³/mol. The van der Waals surface area contributed by atoms with Gasteiger partial charge in [-0.2, -0.15) is 4.37 Å². The maximum Gasteiger partial charge on any atom is 0.348 e. The standard InChI is InChI=1S/C17H19N3O7S2/c1-7-10(15(22)25-4)14(28-12(7)17(24)26-5)19-9(21)6-27-16(23)11-8(2)20-29-13(11)18-3/h18H,6H2,1-5H3,(H,19,21). The second-order valence-corrected chi connectivity index (χ2v) is 7.38. The van der Waals surface area contributed by atoms with Crippen LogP contribution in [0.25, 0.3) is 0 Å². The zero-order valence-electron chi connectivity index (χ0n) is 16.3. The minimum Gasteiger partial charge on any atom is -0.465 e. The molecule has 0 aliphatic rings. The normalized spacial score (nSPS) is 10.2. The fourth-order valence-electron chi connectivity index (χ4n) is 2.38. The fourth-order valence-corrected chi connectivity index (χ4v) is 4.25. The number of anilines is 2. The Morgan fingerprint density at radius 1 is 0.966 bits per heavy atom. The number of hydrogen-bond acceptors (Lipinski definition) is 11. The second-order valence-electron chi connectivity index (χ2n) is 5.59. The molecule has 0 unspecified atom stereocenters. The van der Waals surface area contributed by atoms with E-state index in [9.17, 15) is 19.2 Å². The molecule has 0 spiro atoms. The van der Waals surface area contributed by atoms with Crippen molar-refractivity contribution in [1.82, 2.24) is 4.37 Å². The molecule has 0 bridgehead atoms. The summed E-state index contributed by atoms with van der Waals surface area (Å²) in [6, 6.07) is 0. The Balaban J connectivity index is 2.16. The molecule has 2 aromatic rings. The Labute approximate surface area is 174 Å². The largest absolute Gasteiger partial charge is 0.465 e. The highest BCUT2D eigenvalue weighted by atomic mass is 32.1. The van der Waals surface area contributed by atoms with Gasteiger partial charge >= 0.3 is 17.9 Å². The van der Waals surface area contributed by atoms with Gasteiger partial charge in [0.1, 0.15) is 20.4 Å². The van der Waals surface area contributed by atoms with Crippen LogP contribution >= 0.6 is 22.9 Å². The molecular formula is C17H19N3O7S2. The Hall–Kier alpha value is -2.99. The number of ether oxygens (including phenoxy) is 3. The van der Waals surface area contributed by atoms with Gasteiger partial charge in [0.05, 0.1) is 25.5 Å². The molecule has 0 aliphatic heterocycles. The second kappa shape index (κ2) is 9.47. The zero-order valence-corrected chi connectivity index (χ0v) is 18.0. The van der Waals surface area contributed by atoms with Gasteiger partial charge in [-0.15, -0.1) is 11.3 Å². The highest BCUT2D eigenvalue weighted by Gasteiger charge is 2.27. The first-order valence-corrected chi connectivity index (χ1v) is 9.75. The third-order valence-corrected chi connectivity index (χ3v) is 5.93. The van der Waals surface area contributed by atoms with Crippen LogP contribution in [-0.2, 0) is 19.0 Å². The molecule has 0 radical (unpaired) electrons. The molecule has 0 fully saturated rings. The number of nitrogens with zero attached hydrogens (tertiary/aromatic N) is 1. The first kappa shape index (κ1) is 22.3. The highest BCUT2D eigenvalue weighted by molar-refractivity contribution is 7.18. The van der Waals surface area contributed by atoms with E-state index in [0.29, 0.717) is 16.3 Å². The summed E-state index contributed by atoms with van der Waals surface area (Å²) in [5, 5.41) is 5.94. The van der Waals surface area contributed by atoms with Crippen molar-refractivity contribution in [2.45, 2.75) is 13.8 Å². The van der Waals surface area contributed by atoms with Gasteiger partial charge in [0.15, 0.2) is 6.61 Å². The van der Waals surface area contributed by atoms with Crippen LogP contribution in [0, 0.1) is 13.8 Å². The molecule has 12 heteroatoms. The third kappa shape index (κ3) is 4.71. The number of esters is 3. The predicted octanol–water partition coefficient (Wildman–Crippen LogP) is 2.23. The molecule has 2 aromatic heterocycles. The van der Waals surface area contributed by atoms with E-state index in [1.165, 1.54) is 21.1 Å². The summed E-state index contributed by atoms with van der Waals surface area (Å²) in [6.45, 7) is 2.60. The lowest BCUT2D eigenvalue weighted by Gasteiger charge is -2.08. The van der Waals surface area contributed by atoms with Gasteiger partial charge < -0.3 is 24.8 Å². The van der Waals surface area contributed by atoms with Crippen LogP contribution in [-0.4, -0.2) is 56.1 Å². The van der Waals surface area contributed by atoms with E-state index in [-0.39, 0.29) is 21.0 Å². The third-order valence-electron chi connectivity index (χ3n) is 3.79. The van der Waals surface area contributed by atoms with Gasteiger partial charge in [0, 0.05) is 7.05 Å². The van der Waals surface area contributed by atoms with Gasteiger partial charge in [-0.25, -0.2) is 14.4 Å². The van der Waals surface area contributed by atoms with Crippen molar-refractivity contribution in [3.05, 3.63) is 27.3 Å². The monoisotopic (exact) mass is 441 g/mol. The fraction of sp³-hybridized carbons (Fsp3) is 0.353. The van der Waals surface area contributed by atoms with E-state index in [1.54, 1.807) is 14.0 Å². The molecule has 0 aliphatic carbocycles.